The summed E-state index contributed by atoms with van der Waals surface area (Å²) in [5.74, 6) is 1.85. The molecule has 0 N–H and O–H groups in total. The molecule has 0 atom stereocenters. The lowest BCUT2D eigenvalue weighted by atomic mass is 10.2. The Kier molecular flexibility index (Phi) is 4.86. The van der Waals surface area contributed by atoms with Gasteiger partial charge in [0.05, 0.1) is 0 Å². The minimum absolute atomic E-state index is 0.771. The second-order valence-electron chi connectivity index (χ2n) is 6.15. The number of aryl methyl sites for hydroxylation is 1. The van der Waals surface area contributed by atoms with E-state index < -0.39 is 0 Å². The molecule has 1 aliphatic heterocycles. The molecule has 0 unspecified atom stereocenters. The average molecular weight is 311 g/mol. The first kappa shape index (κ1) is 15.9. The Morgan fingerprint density at radius 3 is 2.52 bits per heavy atom. The highest BCUT2D eigenvalue weighted by Gasteiger charge is 2.21. The predicted molar refractivity (Wildman–Crippen MR) is 93.7 cm³/mol. The molecular weight excluding hydrogens is 286 g/mol. The van der Waals surface area contributed by atoms with E-state index in [1.807, 2.05) is 18.3 Å². The van der Waals surface area contributed by atoms with E-state index in [4.69, 9.17) is 4.98 Å². The zero-order valence-electron chi connectivity index (χ0n) is 14.3. The monoisotopic (exact) mass is 311 g/mol. The molecule has 5 nitrogen and oxygen atoms in total. The van der Waals surface area contributed by atoms with E-state index in [2.05, 4.69) is 40.5 Å². The van der Waals surface area contributed by atoms with Gasteiger partial charge < -0.3 is 4.90 Å². The average Bonchev–Trinajstić information content (AvgIpc) is 2.59. The van der Waals surface area contributed by atoms with Crippen LogP contribution in [-0.4, -0.2) is 52.6 Å². The first-order chi connectivity index (χ1) is 11.2. The van der Waals surface area contributed by atoms with Crippen LogP contribution in [-0.2, 0) is 0 Å². The molecule has 0 amide bonds. The van der Waals surface area contributed by atoms with E-state index in [1.165, 1.54) is 18.5 Å². The molecule has 3 heterocycles. The highest BCUT2D eigenvalue weighted by Crippen LogP contribution is 2.25. The summed E-state index contributed by atoms with van der Waals surface area (Å²) < 4.78 is 0. The molecule has 0 bridgehead atoms. The van der Waals surface area contributed by atoms with E-state index in [1.54, 1.807) is 6.20 Å². The Morgan fingerprint density at radius 1 is 1.09 bits per heavy atom. The van der Waals surface area contributed by atoms with Gasteiger partial charge in [0.2, 0.25) is 0 Å². The van der Waals surface area contributed by atoms with Gasteiger partial charge in [0, 0.05) is 55.4 Å². The highest BCUT2D eigenvalue weighted by atomic mass is 15.3. The molecule has 0 saturated carbocycles. The minimum atomic E-state index is 0.771. The Morgan fingerprint density at radius 2 is 1.87 bits per heavy atom. The van der Waals surface area contributed by atoms with Crippen LogP contribution >= 0.6 is 0 Å². The number of nitrogens with zero attached hydrogens (tertiary/aromatic N) is 5. The van der Waals surface area contributed by atoms with Gasteiger partial charge in [-0.25, -0.2) is 9.97 Å². The maximum Gasteiger partial charge on any atom is 0.163 e. The van der Waals surface area contributed by atoms with Crippen molar-refractivity contribution in [2.75, 3.05) is 37.6 Å². The fourth-order valence-electron chi connectivity index (χ4n) is 3.05. The van der Waals surface area contributed by atoms with E-state index >= 15 is 0 Å². The Bertz CT molecular complexity index is 648. The molecule has 2 aromatic heterocycles. The maximum absolute atomic E-state index is 4.85. The molecule has 1 saturated heterocycles. The molecule has 0 aliphatic carbocycles. The molecule has 5 heteroatoms. The lowest BCUT2D eigenvalue weighted by Crippen LogP contribution is -2.47. The first-order valence-corrected chi connectivity index (χ1v) is 8.42. The van der Waals surface area contributed by atoms with Crippen molar-refractivity contribution >= 4 is 5.82 Å². The van der Waals surface area contributed by atoms with E-state index in [9.17, 15) is 0 Å². The molecule has 3 rings (SSSR count). The minimum Gasteiger partial charge on any atom is -0.354 e. The van der Waals surface area contributed by atoms with Crippen LogP contribution in [0.5, 0.6) is 0 Å². The Hall–Kier alpha value is -2.01. The third-order valence-corrected chi connectivity index (χ3v) is 4.49. The van der Waals surface area contributed by atoms with Gasteiger partial charge >= 0.3 is 0 Å². The summed E-state index contributed by atoms with van der Waals surface area (Å²) in [6, 6.07) is 3.94. The number of aromatic nitrogens is 3. The fourth-order valence-corrected chi connectivity index (χ4v) is 3.05. The third kappa shape index (κ3) is 3.50. The van der Waals surface area contributed by atoms with Crippen molar-refractivity contribution in [2.24, 2.45) is 0 Å². The molecular formula is C18H25N5. The van der Waals surface area contributed by atoms with Gasteiger partial charge in [0.1, 0.15) is 5.82 Å². The van der Waals surface area contributed by atoms with Crippen LogP contribution < -0.4 is 4.90 Å². The highest BCUT2D eigenvalue weighted by molar-refractivity contribution is 5.59. The molecule has 1 fully saturated rings. The SMILES string of the molecule is CCCN1CCN(c2nc(-c3cccnc3)nc(C)c2C)CC1. The van der Waals surface area contributed by atoms with Crippen LogP contribution in [0.3, 0.4) is 0 Å². The summed E-state index contributed by atoms with van der Waals surface area (Å²) in [5, 5.41) is 0. The van der Waals surface area contributed by atoms with Crippen LogP contribution in [0.4, 0.5) is 5.82 Å². The third-order valence-electron chi connectivity index (χ3n) is 4.49. The van der Waals surface area contributed by atoms with Gasteiger partial charge in [-0.3, -0.25) is 9.88 Å². The van der Waals surface area contributed by atoms with Crippen molar-refractivity contribution in [1.29, 1.82) is 0 Å². The second-order valence-corrected chi connectivity index (χ2v) is 6.15. The molecule has 0 spiro atoms. The zero-order chi connectivity index (χ0) is 16.2. The topological polar surface area (TPSA) is 45.2 Å². The summed E-state index contributed by atoms with van der Waals surface area (Å²) >= 11 is 0. The van der Waals surface area contributed by atoms with Crippen LogP contribution in [0.15, 0.2) is 24.5 Å². The molecule has 0 radical (unpaired) electrons. The number of anilines is 1. The van der Waals surface area contributed by atoms with Crippen LogP contribution in [0, 0.1) is 13.8 Å². The number of hydrogen-bond donors (Lipinski definition) is 0. The van der Waals surface area contributed by atoms with Gasteiger partial charge in [-0.05, 0) is 38.9 Å². The van der Waals surface area contributed by atoms with Crippen LogP contribution in [0.2, 0.25) is 0 Å². The van der Waals surface area contributed by atoms with E-state index in [0.717, 1.165) is 49.1 Å². The summed E-state index contributed by atoms with van der Waals surface area (Å²) in [5.41, 5.74) is 3.20. The van der Waals surface area contributed by atoms with Gasteiger partial charge in [-0.2, -0.15) is 0 Å². The number of hydrogen-bond acceptors (Lipinski definition) is 5. The summed E-state index contributed by atoms with van der Waals surface area (Å²) in [6.45, 7) is 11.9. The van der Waals surface area contributed by atoms with Gasteiger partial charge in [-0.1, -0.05) is 6.92 Å². The predicted octanol–water partition coefficient (Wildman–Crippen LogP) is 2.69. The summed E-state index contributed by atoms with van der Waals surface area (Å²) in [4.78, 5) is 18.6. The van der Waals surface area contributed by atoms with Crippen molar-refractivity contribution in [3.05, 3.63) is 35.8 Å². The molecule has 2 aromatic rings. The number of pyridine rings is 1. The van der Waals surface area contributed by atoms with Crippen LogP contribution in [0.1, 0.15) is 24.6 Å². The molecule has 23 heavy (non-hydrogen) atoms. The van der Waals surface area contributed by atoms with Gasteiger partial charge in [0.25, 0.3) is 0 Å². The molecule has 1 aliphatic rings. The van der Waals surface area contributed by atoms with Crippen molar-refractivity contribution < 1.29 is 0 Å². The van der Waals surface area contributed by atoms with Crippen molar-refractivity contribution in [2.45, 2.75) is 27.2 Å². The number of rotatable bonds is 4. The van der Waals surface area contributed by atoms with E-state index in [-0.39, 0.29) is 0 Å². The van der Waals surface area contributed by atoms with Gasteiger partial charge in [-0.15, -0.1) is 0 Å². The second kappa shape index (κ2) is 7.04. The smallest absolute Gasteiger partial charge is 0.163 e. The molecule has 0 aromatic carbocycles. The normalized spacial score (nSPS) is 15.9. The first-order valence-electron chi connectivity index (χ1n) is 8.42. The zero-order valence-corrected chi connectivity index (χ0v) is 14.3. The lowest BCUT2D eigenvalue weighted by molar-refractivity contribution is 0.258. The summed E-state index contributed by atoms with van der Waals surface area (Å²) in [6.07, 6.45) is 4.82. The largest absolute Gasteiger partial charge is 0.354 e. The van der Waals surface area contributed by atoms with Crippen molar-refractivity contribution in [3.8, 4) is 11.4 Å². The van der Waals surface area contributed by atoms with Gasteiger partial charge in [0.15, 0.2) is 5.82 Å². The molecule has 122 valence electrons. The van der Waals surface area contributed by atoms with Crippen molar-refractivity contribution in [1.82, 2.24) is 19.9 Å². The van der Waals surface area contributed by atoms with Crippen molar-refractivity contribution in [3.63, 3.8) is 0 Å². The Balaban J connectivity index is 1.86. The number of piperazine rings is 1. The standard InChI is InChI=1S/C18H25N5/c1-4-8-22-9-11-23(12-10-22)18-14(2)15(3)20-17(21-18)16-6-5-7-19-13-16/h5-7,13H,4,8-12H2,1-3H3. The lowest BCUT2D eigenvalue weighted by Gasteiger charge is -2.36. The summed E-state index contributed by atoms with van der Waals surface area (Å²) in [7, 11) is 0. The quantitative estimate of drug-likeness (QED) is 0.868. The fraction of sp³-hybridized carbons (Fsp3) is 0.500. The Labute approximate surface area is 138 Å². The van der Waals surface area contributed by atoms with E-state index in [0.29, 0.717) is 0 Å². The maximum atomic E-state index is 4.85. The van der Waals surface area contributed by atoms with Crippen LogP contribution in [0.25, 0.3) is 11.4 Å².